The number of piperidine rings is 1. The second-order valence-corrected chi connectivity index (χ2v) is 11.6. The summed E-state index contributed by atoms with van der Waals surface area (Å²) in [5.41, 5.74) is 0.433. The molecule has 1 fully saturated rings. The number of pyridine rings is 1. The molecule has 0 radical (unpaired) electrons. The van der Waals surface area contributed by atoms with E-state index in [0.29, 0.717) is 17.9 Å². The Morgan fingerprint density at radius 2 is 1.74 bits per heavy atom. The van der Waals surface area contributed by atoms with E-state index >= 15 is 0 Å². The molecule has 220 valence electrons. The van der Waals surface area contributed by atoms with Crippen molar-refractivity contribution in [2.75, 3.05) is 6.54 Å². The molecule has 2 aromatic heterocycles. The van der Waals surface area contributed by atoms with E-state index in [9.17, 15) is 13.2 Å². The van der Waals surface area contributed by atoms with Crippen LogP contribution in [0.5, 0.6) is 0 Å². The molecule has 2 aromatic rings. The molecule has 1 saturated heterocycles. The number of carbonyl (C=O) groups excluding carboxylic acids is 1. The first-order valence-electron chi connectivity index (χ1n) is 13.7. The van der Waals surface area contributed by atoms with E-state index in [2.05, 4.69) is 54.6 Å². The van der Waals surface area contributed by atoms with Gasteiger partial charge in [0.25, 0.3) is 5.91 Å². The fourth-order valence-corrected chi connectivity index (χ4v) is 5.32. The zero-order valence-corrected chi connectivity index (χ0v) is 26.3. The molecule has 0 atom stereocenters. The Hall–Kier alpha value is -2.75. The highest BCUT2D eigenvalue weighted by molar-refractivity contribution is 7.93. The molecular weight excluding hydrogens is 512 g/mol. The summed E-state index contributed by atoms with van der Waals surface area (Å²) in [5.74, 6) is 0.138. The van der Waals surface area contributed by atoms with Crippen LogP contribution >= 0.6 is 0 Å². The van der Waals surface area contributed by atoms with Gasteiger partial charge in [0.2, 0.25) is 10.0 Å². The van der Waals surface area contributed by atoms with Crippen LogP contribution in [0, 0.1) is 0 Å². The monoisotopic (exact) mass is 562 g/mol. The predicted octanol–water partition coefficient (Wildman–Crippen LogP) is 6.49. The number of furan rings is 1. The predicted molar refractivity (Wildman–Crippen MR) is 164 cm³/mol. The van der Waals surface area contributed by atoms with Gasteiger partial charge >= 0.3 is 0 Å². The van der Waals surface area contributed by atoms with Crippen molar-refractivity contribution in [3.8, 4) is 0 Å². The minimum Gasteiger partial charge on any atom is -0.449 e. The number of amides is 1. The van der Waals surface area contributed by atoms with Crippen molar-refractivity contribution >= 4 is 26.9 Å². The van der Waals surface area contributed by atoms with Crippen molar-refractivity contribution in [1.29, 1.82) is 0 Å². The number of hydrogen-bond acceptors (Lipinski definition) is 6. The molecule has 3 heterocycles. The third-order valence-corrected chi connectivity index (χ3v) is 6.80. The molecule has 0 aromatic carbocycles. The van der Waals surface area contributed by atoms with Crippen LogP contribution < -0.4 is 15.4 Å². The van der Waals surface area contributed by atoms with Crippen LogP contribution in [0.3, 0.4) is 0 Å². The number of carbonyl (C=O) groups is 1. The normalized spacial score (nSPS) is 16.4. The van der Waals surface area contributed by atoms with Crippen molar-refractivity contribution in [3.63, 3.8) is 0 Å². The van der Waals surface area contributed by atoms with Crippen LogP contribution in [-0.4, -0.2) is 43.0 Å². The standard InChI is InChI=1S/C16H28N2O2S.C10H10N2O2.2C2H6/c1-7-8-9-10-13(2)21(19,20)17-14-11-15(3,4)18-16(5,6)12-14;1-2-12-10(13)8-5-7-3-4-11-6-9(7)14-8;2*1-2/h7-10,14,17-18H,2,11-12H2,1,3-6H3;3-6H,2H2,1H3,(H,12,13);2*1-2H3/b8-7-,10-9-;;;. The Kier molecular flexibility index (Phi) is 15.8. The number of allylic oxidation sites excluding steroid dienone is 4. The minimum atomic E-state index is -3.53. The Morgan fingerprint density at radius 1 is 1.15 bits per heavy atom. The van der Waals surface area contributed by atoms with Gasteiger partial charge < -0.3 is 15.1 Å². The number of fused-ring (bicyclic) bond motifs is 1. The van der Waals surface area contributed by atoms with Crippen molar-refractivity contribution in [3.05, 3.63) is 66.1 Å². The van der Waals surface area contributed by atoms with E-state index in [1.165, 1.54) is 6.08 Å². The van der Waals surface area contributed by atoms with Crippen LogP contribution in [0.2, 0.25) is 0 Å². The van der Waals surface area contributed by atoms with Gasteiger partial charge in [0.15, 0.2) is 11.3 Å². The molecule has 0 saturated carbocycles. The summed E-state index contributed by atoms with van der Waals surface area (Å²) in [5, 5.41) is 7.10. The summed E-state index contributed by atoms with van der Waals surface area (Å²) < 4.78 is 32.7. The molecule has 3 N–H and O–H groups in total. The second-order valence-electron chi connectivity index (χ2n) is 9.85. The molecule has 1 aliphatic heterocycles. The Morgan fingerprint density at radius 3 is 2.26 bits per heavy atom. The summed E-state index contributed by atoms with van der Waals surface area (Å²) in [6.07, 6.45) is 11.6. The fourth-order valence-electron chi connectivity index (χ4n) is 4.31. The maximum absolute atomic E-state index is 12.3. The van der Waals surface area contributed by atoms with Gasteiger partial charge in [-0.05, 0) is 72.6 Å². The SMILES string of the molecule is C=C(/C=C\C=C/C)S(=O)(=O)NC1CC(C)(C)NC(C)(C)C1.CC.CC.CCNC(=O)c1cc2ccncc2o1. The summed E-state index contributed by atoms with van der Waals surface area (Å²) >= 11 is 0. The number of aromatic nitrogens is 1. The number of rotatable bonds is 7. The van der Waals surface area contributed by atoms with Gasteiger partial charge in [-0.15, -0.1) is 0 Å². The lowest BCUT2D eigenvalue weighted by Crippen LogP contribution is -2.62. The lowest BCUT2D eigenvalue weighted by Gasteiger charge is -2.46. The molecule has 0 spiro atoms. The van der Waals surface area contributed by atoms with Crippen molar-refractivity contribution < 1.29 is 17.6 Å². The van der Waals surface area contributed by atoms with Crippen LogP contribution in [-0.2, 0) is 10.0 Å². The highest BCUT2D eigenvalue weighted by Gasteiger charge is 2.39. The van der Waals surface area contributed by atoms with Crippen LogP contribution in [0.1, 0.15) is 92.6 Å². The lowest BCUT2D eigenvalue weighted by molar-refractivity contribution is 0.0930. The molecule has 9 heteroatoms. The molecule has 1 amide bonds. The summed E-state index contributed by atoms with van der Waals surface area (Å²) in [6.45, 7) is 24.4. The van der Waals surface area contributed by atoms with Crippen molar-refractivity contribution in [2.45, 2.75) is 99.2 Å². The van der Waals surface area contributed by atoms with Gasteiger partial charge in [0, 0.05) is 35.2 Å². The second kappa shape index (κ2) is 17.0. The number of nitrogens with one attached hydrogen (secondary N) is 3. The molecule has 0 unspecified atom stereocenters. The highest BCUT2D eigenvalue weighted by Crippen LogP contribution is 2.29. The third kappa shape index (κ3) is 12.8. The molecule has 1 aliphatic rings. The van der Waals surface area contributed by atoms with Gasteiger partial charge in [-0.25, -0.2) is 13.1 Å². The Balaban J connectivity index is 0.000000692. The Labute approximate surface area is 236 Å². The average molecular weight is 563 g/mol. The Bertz CT molecular complexity index is 1150. The first-order chi connectivity index (χ1) is 18.3. The van der Waals surface area contributed by atoms with Crippen molar-refractivity contribution in [1.82, 2.24) is 20.3 Å². The first-order valence-corrected chi connectivity index (χ1v) is 15.2. The van der Waals surface area contributed by atoms with E-state index in [4.69, 9.17) is 4.42 Å². The number of nitrogens with zero attached hydrogens (tertiary/aromatic N) is 1. The molecule has 8 nitrogen and oxygen atoms in total. The maximum atomic E-state index is 12.3. The van der Waals surface area contributed by atoms with E-state index in [-0.39, 0.29) is 27.9 Å². The zero-order valence-electron chi connectivity index (χ0n) is 25.5. The first kappa shape index (κ1) is 36.2. The van der Waals surface area contributed by atoms with Crippen molar-refractivity contribution in [2.24, 2.45) is 0 Å². The van der Waals surface area contributed by atoms with Crippen LogP contribution in [0.4, 0.5) is 0 Å². The van der Waals surface area contributed by atoms with E-state index in [1.54, 1.807) is 30.6 Å². The summed E-state index contributed by atoms with van der Waals surface area (Å²) in [6, 6.07) is 3.43. The molecule has 0 bridgehead atoms. The summed E-state index contributed by atoms with van der Waals surface area (Å²) in [4.78, 5) is 15.4. The number of hydrogen-bond donors (Lipinski definition) is 3. The molecular formula is C30H50N4O4S. The number of sulfonamides is 1. The molecule has 3 rings (SSSR count). The summed E-state index contributed by atoms with van der Waals surface area (Å²) in [7, 11) is -3.53. The minimum absolute atomic E-state index is 0.0897. The van der Waals surface area contributed by atoms with E-state index < -0.39 is 10.0 Å². The van der Waals surface area contributed by atoms with Gasteiger partial charge in [-0.1, -0.05) is 52.5 Å². The topological polar surface area (TPSA) is 113 Å². The lowest BCUT2D eigenvalue weighted by atomic mass is 9.80. The maximum Gasteiger partial charge on any atom is 0.287 e. The zero-order chi connectivity index (χ0) is 30.3. The van der Waals surface area contributed by atoms with E-state index in [0.717, 1.165) is 18.2 Å². The van der Waals surface area contributed by atoms with Gasteiger partial charge in [0.1, 0.15) is 0 Å². The van der Waals surface area contributed by atoms with Gasteiger partial charge in [0.05, 0.1) is 11.1 Å². The highest BCUT2D eigenvalue weighted by atomic mass is 32.2. The smallest absolute Gasteiger partial charge is 0.287 e. The van der Waals surface area contributed by atoms with Crippen LogP contribution in [0.15, 0.2) is 64.7 Å². The fraction of sp³-hybridized carbons (Fsp3) is 0.533. The van der Waals surface area contributed by atoms with Gasteiger partial charge in [-0.3, -0.25) is 9.78 Å². The molecule has 0 aliphatic carbocycles. The van der Waals surface area contributed by atoms with E-state index in [1.807, 2.05) is 53.7 Å². The molecule has 39 heavy (non-hydrogen) atoms. The third-order valence-electron chi connectivity index (χ3n) is 5.33. The van der Waals surface area contributed by atoms with Crippen LogP contribution in [0.25, 0.3) is 11.0 Å². The average Bonchev–Trinajstić information content (AvgIpc) is 3.29. The quantitative estimate of drug-likeness (QED) is 0.332. The van der Waals surface area contributed by atoms with Gasteiger partial charge in [-0.2, -0.15) is 0 Å². The largest absolute Gasteiger partial charge is 0.449 e.